The summed E-state index contributed by atoms with van der Waals surface area (Å²) < 4.78 is 1.50. The third-order valence-electron chi connectivity index (χ3n) is 5.03. The van der Waals surface area contributed by atoms with E-state index in [0.29, 0.717) is 29.9 Å². The van der Waals surface area contributed by atoms with Gasteiger partial charge in [0.15, 0.2) is 5.65 Å². The van der Waals surface area contributed by atoms with Gasteiger partial charge in [0.2, 0.25) is 5.91 Å². The molecule has 144 valence electrons. The number of benzene rings is 1. The van der Waals surface area contributed by atoms with Crippen molar-refractivity contribution in [3.63, 3.8) is 0 Å². The minimum absolute atomic E-state index is 0.0664. The molecule has 2 amide bonds. The summed E-state index contributed by atoms with van der Waals surface area (Å²) in [5, 5.41) is 19.2. The van der Waals surface area contributed by atoms with Crippen molar-refractivity contribution in [2.24, 2.45) is 5.92 Å². The molecule has 1 aliphatic rings. The number of hydrogen-bond donors (Lipinski definition) is 3. The van der Waals surface area contributed by atoms with Crippen molar-refractivity contribution in [2.45, 2.75) is 31.9 Å². The number of carbonyl (C=O) groups excluding carboxylic acids is 2. The number of fused-ring (bicyclic) bond motifs is 1. The smallest absolute Gasteiger partial charge is 0.271 e. The number of nitrogens with one attached hydrogen (secondary N) is 2. The molecule has 3 aromatic rings. The van der Waals surface area contributed by atoms with E-state index in [1.807, 2.05) is 0 Å². The maximum atomic E-state index is 12.6. The summed E-state index contributed by atoms with van der Waals surface area (Å²) in [5.74, 6) is -0.473. The molecule has 0 bridgehead atoms. The molecule has 2 atom stereocenters. The van der Waals surface area contributed by atoms with Crippen molar-refractivity contribution < 1.29 is 14.7 Å². The van der Waals surface area contributed by atoms with Crippen molar-refractivity contribution >= 4 is 23.1 Å². The Balaban J connectivity index is 1.36. The van der Waals surface area contributed by atoms with Gasteiger partial charge in [-0.1, -0.05) is 12.1 Å². The number of amides is 2. The van der Waals surface area contributed by atoms with Crippen LogP contribution in [0.3, 0.4) is 0 Å². The summed E-state index contributed by atoms with van der Waals surface area (Å²) in [6, 6.07) is 10.6. The molecule has 3 N–H and O–H groups in total. The Hall–Kier alpha value is -3.26. The molecule has 1 fully saturated rings. The van der Waals surface area contributed by atoms with Gasteiger partial charge in [0, 0.05) is 23.8 Å². The van der Waals surface area contributed by atoms with E-state index in [9.17, 15) is 14.7 Å². The van der Waals surface area contributed by atoms with Gasteiger partial charge in [-0.25, -0.2) is 9.50 Å². The molecule has 1 aromatic carbocycles. The van der Waals surface area contributed by atoms with Crippen LogP contribution >= 0.6 is 0 Å². The molecule has 2 aromatic heterocycles. The average molecular weight is 379 g/mol. The zero-order valence-electron chi connectivity index (χ0n) is 15.2. The minimum atomic E-state index is -0.243. The first-order valence-corrected chi connectivity index (χ1v) is 9.24. The Labute approximate surface area is 161 Å². The SMILES string of the molecule is O=C(N[C@@H]1CC[C@H](C(=O)Nc2cccc(CO)c2)C1)c1cnc2cccnn12. The van der Waals surface area contributed by atoms with Crippen LogP contribution in [0.2, 0.25) is 0 Å². The predicted octanol–water partition coefficient (Wildman–Crippen LogP) is 1.76. The Bertz CT molecular complexity index is 1020. The first-order valence-electron chi connectivity index (χ1n) is 9.24. The number of rotatable bonds is 5. The van der Waals surface area contributed by atoms with E-state index < -0.39 is 0 Å². The van der Waals surface area contributed by atoms with Crippen LogP contribution < -0.4 is 10.6 Å². The average Bonchev–Trinajstić information content (AvgIpc) is 3.35. The van der Waals surface area contributed by atoms with E-state index in [1.54, 1.807) is 42.6 Å². The van der Waals surface area contributed by atoms with Gasteiger partial charge in [-0.3, -0.25) is 9.59 Å². The van der Waals surface area contributed by atoms with E-state index in [2.05, 4.69) is 20.7 Å². The van der Waals surface area contributed by atoms with Gasteiger partial charge in [-0.15, -0.1) is 0 Å². The number of aliphatic hydroxyl groups excluding tert-OH is 1. The molecular weight excluding hydrogens is 358 g/mol. The number of hydrogen-bond acceptors (Lipinski definition) is 5. The molecule has 8 nitrogen and oxygen atoms in total. The van der Waals surface area contributed by atoms with Gasteiger partial charge in [-0.05, 0) is 49.1 Å². The molecule has 1 saturated carbocycles. The monoisotopic (exact) mass is 379 g/mol. The zero-order valence-corrected chi connectivity index (χ0v) is 15.2. The van der Waals surface area contributed by atoms with Crippen molar-refractivity contribution in [1.29, 1.82) is 0 Å². The molecule has 28 heavy (non-hydrogen) atoms. The fourth-order valence-corrected chi connectivity index (χ4v) is 3.59. The number of aromatic nitrogens is 3. The number of aliphatic hydroxyl groups is 1. The van der Waals surface area contributed by atoms with Gasteiger partial charge < -0.3 is 15.7 Å². The molecule has 0 radical (unpaired) electrons. The highest BCUT2D eigenvalue weighted by Crippen LogP contribution is 2.27. The Morgan fingerprint density at radius 3 is 2.96 bits per heavy atom. The summed E-state index contributed by atoms with van der Waals surface area (Å²) in [7, 11) is 0. The van der Waals surface area contributed by atoms with Crippen LogP contribution in [0.5, 0.6) is 0 Å². The van der Waals surface area contributed by atoms with Crippen LogP contribution in [-0.4, -0.2) is 37.6 Å². The fraction of sp³-hybridized carbons (Fsp3) is 0.300. The first-order chi connectivity index (χ1) is 13.6. The molecule has 0 spiro atoms. The molecule has 4 rings (SSSR count). The summed E-state index contributed by atoms with van der Waals surface area (Å²) in [5.41, 5.74) is 2.41. The molecule has 0 aliphatic heterocycles. The number of carbonyl (C=O) groups is 2. The normalized spacial score (nSPS) is 18.9. The highest BCUT2D eigenvalue weighted by molar-refractivity contribution is 5.94. The lowest BCUT2D eigenvalue weighted by Crippen LogP contribution is -2.34. The maximum absolute atomic E-state index is 12.6. The lowest BCUT2D eigenvalue weighted by molar-refractivity contribution is -0.119. The van der Waals surface area contributed by atoms with E-state index in [-0.39, 0.29) is 30.4 Å². The highest BCUT2D eigenvalue weighted by Gasteiger charge is 2.31. The van der Waals surface area contributed by atoms with Crippen LogP contribution in [0.25, 0.3) is 5.65 Å². The van der Waals surface area contributed by atoms with Crippen LogP contribution in [0, 0.1) is 5.92 Å². The second kappa shape index (κ2) is 7.77. The van der Waals surface area contributed by atoms with E-state index >= 15 is 0 Å². The van der Waals surface area contributed by atoms with Gasteiger partial charge in [-0.2, -0.15) is 5.10 Å². The van der Waals surface area contributed by atoms with Crippen LogP contribution in [-0.2, 0) is 11.4 Å². The zero-order chi connectivity index (χ0) is 19.5. The van der Waals surface area contributed by atoms with Crippen molar-refractivity contribution in [1.82, 2.24) is 19.9 Å². The van der Waals surface area contributed by atoms with E-state index in [1.165, 1.54) is 10.7 Å². The van der Waals surface area contributed by atoms with Crippen LogP contribution in [0.1, 0.15) is 35.3 Å². The lowest BCUT2D eigenvalue weighted by Gasteiger charge is -2.14. The maximum Gasteiger partial charge on any atom is 0.271 e. The van der Waals surface area contributed by atoms with Crippen LogP contribution in [0.15, 0.2) is 48.8 Å². The summed E-state index contributed by atoms with van der Waals surface area (Å²) in [6.07, 6.45) is 5.14. The second-order valence-electron chi connectivity index (χ2n) is 6.97. The molecule has 0 unspecified atom stereocenters. The largest absolute Gasteiger partial charge is 0.392 e. The fourth-order valence-electron chi connectivity index (χ4n) is 3.59. The van der Waals surface area contributed by atoms with Gasteiger partial charge in [0.05, 0.1) is 12.8 Å². The first kappa shape index (κ1) is 18.1. The topological polar surface area (TPSA) is 109 Å². The molecule has 0 saturated heterocycles. The van der Waals surface area contributed by atoms with Crippen molar-refractivity contribution in [3.8, 4) is 0 Å². The van der Waals surface area contributed by atoms with Gasteiger partial charge >= 0.3 is 0 Å². The molecule has 8 heteroatoms. The Morgan fingerprint density at radius 1 is 1.21 bits per heavy atom. The quantitative estimate of drug-likeness (QED) is 0.626. The number of anilines is 1. The lowest BCUT2D eigenvalue weighted by atomic mass is 10.1. The second-order valence-corrected chi connectivity index (χ2v) is 6.97. The van der Waals surface area contributed by atoms with Crippen LogP contribution in [0.4, 0.5) is 5.69 Å². The number of imidazole rings is 1. The molecule has 2 heterocycles. The van der Waals surface area contributed by atoms with Crippen molar-refractivity contribution in [3.05, 3.63) is 60.0 Å². The van der Waals surface area contributed by atoms with E-state index in [4.69, 9.17) is 0 Å². The minimum Gasteiger partial charge on any atom is -0.392 e. The predicted molar refractivity (Wildman–Crippen MR) is 103 cm³/mol. The highest BCUT2D eigenvalue weighted by atomic mass is 16.3. The molecule has 1 aliphatic carbocycles. The molecular formula is C20H21N5O3. The third kappa shape index (κ3) is 3.72. The van der Waals surface area contributed by atoms with Gasteiger partial charge in [0.25, 0.3) is 5.91 Å². The van der Waals surface area contributed by atoms with Crippen molar-refractivity contribution in [2.75, 3.05) is 5.32 Å². The van der Waals surface area contributed by atoms with E-state index in [0.717, 1.165) is 12.0 Å². The Kier molecular flexibility index (Phi) is 5.03. The van der Waals surface area contributed by atoms with Gasteiger partial charge in [0.1, 0.15) is 5.69 Å². The number of nitrogens with zero attached hydrogens (tertiary/aromatic N) is 3. The standard InChI is InChI=1S/C20H21N5O3/c26-12-13-3-1-4-15(9-13)23-19(27)14-6-7-16(10-14)24-20(28)17-11-21-18-5-2-8-22-25(17)18/h1-5,8-9,11,14,16,26H,6-7,10,12H2,(H,23,27)(H,24,28)/t14-,16+/m0/s1. The summed E-state index contributed by atoms with van der Waals surface area (Å²) in [4.78, 5) is 29.3. The Morgan fingerprint density at radius 2 is 2.11 bits per heavy atom. The summed E-state index contributed by atoms with van der Waals surface area (Å²) in [6.45, 7) is -0.0701. The summed E-state index contributed by atoms with van der Waals surface area (Å²) >= 11 is 0. The third-order valence-corrected chi connectivity index (χ3v) is 5.03.